The summed E-state index contributed by atoms with van der Waals surface area (Å²) < 4.78 is 0. The first-order chi connectivity index (χ1) is 7.36. The van der Waals surface area contributed by atoms with Gasteiger partial charge in [-0.1, -0.05) is 12.1 Å². The highest BCUT2D eigenvalue weighted by Crippen LogP contribution is 2.22. The molecule has 2 heterocycles. The van der Waals surface area contributed by atoms with Crippen LogP contribution >= 0.6 is 22.7 Å². The Morgan fingerprint density at radius 2 is 1.93 bits per heavy atom. The van der Waals surface area contributed by atoms with Gasteiger partial charge in [0.1, 0.15) is 0 Å². The lowest BCUT2D eigenvalue weighted by atomic mass is 10.1. The second-order valence-electron chi connectivity index (χ2n) is 3.59. The van der Waals surface area contributed by atoms with Gasteiger partial charge in [0, 0.05) is 15.8 Å². The van der Waals surface area contributed by atoms with Gasteiger partial charge < -0.3 is 5.73 Å². The Bertz CT molecular complexity index is 364. The molecular weight excluding hydrogens is 222 g/mol. The van der Waals surface area contributed by atoms with Gasteiger partial charge in [0.25, 0.3) is 0 Å². The van der Waals surface area contributed by atoms with Crippen LogP contribution in [0.2, 0.25) is 0 Å². The smallest absolute Gasteiger partial charge is 0.0389 e. The van der Waals surface area contributed by atoms with Gasteiger partial charge in [0.15, 0.2) is 0 Å². The van der Waals surface area contributed by atoms with E-state index in [1.165, 1.54) is 16.2 Å². The molecule has 3 heteroatoms. The average Bonchev–Trinajstić information content (AvgIpc) is 2.90. The van der Waals surface area contributed by atoms with Gasteiger partial charge in [0.2, 0.25) is 0 Å². The van der Waals surface area contributed by atoms with Crippen LogP contribution in [0.15, 0.2) is 35.0 Å². The van der Waals surface area contributed by atoms with E-state index < -0.39 is 0 Å². The Hall–Kier alpha value is -0.640. The first kappa shape index (κ1) is 10.9. The van der Waals surface area contributed by atoms with Crippen LogP contribution in [0.4, 0.5) is 0 Å². The molecule has 0 aromatic carbocycles. The van der Waals surface area contributed by atoms with Crippen LogP contribution in [-0.4, -0.2) is 0 Å². The fraction of sp³-hybridized carbons (Fsp3) is 0.333. The molecule has 0 aliphatic heterocycles. The first-order valence-electron chi connectivity index (χ1n) is 5.17. The molecule has 1 nitrogen and oxygen atoms in total. The van der Waals surface area contributed by atoms with E-state index in [9.17, 15) is 0 Å². The van der Waals surface area contributed by atoms with E-state index in [1.54, 1.807) is 11.3 Å². The third-order valence-corrected chi connectivity index (χ3v) is 4.37. The number of hydrogen-bond acceptors (Lipinski definition) is 3. The van der Waals surface area contributed by atoms with Crippen molar-refractivity contribution in [2.24, 2.45) is 5.73 Å². The van der Waals surface area contributed by atoms with Crippen molar-refractivity contribution in [1.82, 2.24) is 0 Å². The summed E-state index contributed by atoms with van der Waals surface area (Å²) in [6.07, 6.45) is 3.43. The summed E-state index contributed by atoms with van der Waals surface area (Å²) in [6, 6.07) is 8.73. The van der Waals surface area contributed by atoms with Crippen molar-refractivity contribution in [3.8, 4) is 0 Å². The van der Waals surface area contributed by atoms with Crippen molar-refractivity contribution in [3.05, 3.63) is 44.8 Å². The van der Waals surface area contributed by atoms with Crippen molar-refractivity contribution in [2.75, 3.05) is 0 Å². The number of hydrogen-bond donors (Lipinski definition) is 1. The molecule has 0 saturated carbocycles. The van der Waals surface area contributed by atoms with E-state index in [4.69, 9.17) is 5.73 Å². The molecule has 0 aliphatic carbocycles. The summed E-state index contributed by atoms with van der Waals surface area (Å²) in [5, 5.41) is 4.23. The minimum Gasteiger partial charge on any atom is -0.323 e. The lowest BCUT2D eigenvalue weighted by molar-refractivity contribution is 0.622. The zero-order chi connectivity index (χ0) is 10.5. The van der Waals surface area contributed by atoms with Crippen molar-refractivity contribution in [1.29, 1.82) is 0 Å². The van der Waals surface area contributed by atoms with Gasteiger partial charge in [-0.25, -0.2) is 0 Å². The number of rotatable bonds is 5. The lowest BCUT2D eigenvalue weighted by Gasteiger charge is -2.08. The van der Waals surface area contributed by atoms with Crippen molar-refractivity contribution >= 4 is 22.7 Å². The fourth-order valence-electron chi connectivity index (χ4n) is 1.60. The summed E-state index contributed by atoms with van der Waals surface area (Å²) in [5.74, 6) is 0. The standard InChI is InChI=1S/C12H15NS2/c13-11(12-7-3-9-15-12)6-1-4-10-5-2-8-14-10/h2-3,5,7-9,11H,1,4,6,13H2. The zero-order valence-corrected chi connectivity index (χ0v) is 10.2. The summed E-state index contributed by atoms with van der Waals surface area (Å²) >= 11 is 3.59. The zero-order valence-electron chi connectivity index (χ0n) is 8.56. The predicted molar refractivity (Wildman–Crippen MR) is 68.5 cm³/mol. The Morgan fingerprint density at radius 3 is 2.60 bits per heavy atom. The Balaban J connectivity index is 1.74. The summed E-state index contributed by atoms with van der Waals surface area (Å²) in [5.41, 5.74) is 6.09. The normalized spacial score (nSPS) is 12.9. The van der Waals surface area contributed by atoms with Gasteiger partial charge in [0.05, 0.1) is 0 Å². The highest BCUT2D eigenvalue weighted by Gasteiger charge is 2.06. The van der Waals surface area contributed by atoms with Crippen LogP contribution in [0.25, 0.3) is 0 Å². The molecule has 2 aromatic rings. The van der Waals surface area contributed by atoms with Crippen LogP contribution in [-0.2, 0) is 6.42 Å². The number of aryl methyl sites for hydroxylation is 1. The van der Waals surface area contributed by atoms with Gasteiger partial charge in [-0.05, 0) is 42.2 Å². The van der Waals surface area contributed by atoms with Crippen molar-refractivity contribution in [3.63, 3.8) is 0 Å². The molecule has 0 fully saturated rings. The van der Waals surface area contributed by atoms with Gasteiger partial charge in [-0.15, -0.1) is 22.7 Å². The fourth-order valence-corrected chi connectivity index (χ4v) is 3.11. The molecule has 2 N–H and O–H groups in total. The largest absolute Gasteiger partial charge is 0.323 e. The minimum atomic E-state index is 0.227. The van der Waals surface area contributed by atoms with Gasteiger partial charge in [-0.3, -0.25) is 0 Å². The molecule has 15 heavy (non-hydrogen) atoms. The summed E-state index contributed by atoms with van der Waals surface area (Å²) in [4.78, 5) is 2.77. The molecule has 0 aliphatic rings. The van der Waals surface area contributed by atoms with Crippen LogP contribution in [0.5, 0.6) is 0 Å². The maximum Gasteiger partial charge on any atom is 0.0389 e. The molecule has 2 rings (SSSR count). The highest BCUT2D eigenvalue weighted by molar-refractivity contribution is 7.10. The molecule has 0 bridgehead atoms. The topological polar surface area (TPSA) is 26.0 Å². The van der Waals surface area contributed by atoms with E-state index in [0.717, 1.165) is 12.8 Å². The maximum absolute atomic E-state index is 6.09. The molecule has 1 atom stereocenters. The van der Waals surface area contributed by atoms with E-state index >= 15 is 0 Å². The van der Waals surface area contributed by atoms with Gasteiger partial charge in [-0.2, -0.15) is 0 Å². The second kappa shape index (κ2) is 5.45. The molecule has 80 valence electrons. The quantitative estimate of drug-likeness (QED) is 0.840. The average molecular weight is 237 g/mol. The third-order valence-electron chi connectivity index (χ3n) is 2.43. The first-order valence-corrected chi connectivity index (χ1v) is 6.93. The molecule has 2 aromatic heterocycles. The Labute approximate surface area is 98.6 Å². The number of thiophene rings is 2. The van der Waals surface area contributed by atoms with Gasteiger partial charge >= 0.3 is 0 Å². The second-order valence-corrected chi connectivity index (χ2v) is 5.61. The Kier molecular flexibility index (Phi) is 3.94. The Morgan fingerprint density at radius 1 is 1.13 bits per heavy atom. The van der Waals surface area contributed by atoms with Crippen LogP contribution in [0.3, 0.4) is 0 Å². The van der Waals surface area contributed by atoms with E-state index in [-0.39, 0.29) is 6.04 Å². The van der Waals surface area contributed by atoms with Crippen molar-refractivity contribution < 1.29 is 0 Å². The van der Waals surface area contributed by atoms with E-state index in [2.05, 4.69) is 35.0 Å². The molecular formula is C12H15NS2. The molecule has 0 radical (unpaired) electrons. The molecule has 0 amide bonds. The number of nitrogens with two attached hydrogens (primary N) is 1. The SMILES string of the molecule is NC(CCCc1cccs1)c1cccs1. The van der Waals surface area contributed by atoms with Crippen LogP contribution in [0, 0.1) is 0 Å². The predicted octanol–water partition coefficient (Wildman–Crippen LogP) is 3.83. The van der Waals surface area contributed by atoms with Crippen LogP contribution in [0.1, 0.15) is 28.6 Å². The van der Waals surface area contributed by atoms with Crippen molar-refractivity contribution in [2.45, 2.75) is 25.3 Å². The molecule has 1 unspecified atom stereocenters. The van der Waals surface area contributed by atoms with E-state index in [0.29, 0.717) is 0 Å². The lowest BCUT2D eigenvalue weighted by Crippen LogP contribution is -2.08. The molecule has 0 spiro atoms. The summed E-state index contributed by atoms with van der Waals surface area (Å²) in [7, 11) is 0. The minimum absolute atomic E-state index is 0.227. The van der Waals surface area contributed by atoms with Crippen LogP contribution < -0.4 is 5.73 Å². The maximum atomic E-state index is 6.09. The monoisotopic (exact) mass is 237 g/mol. The summed E-state index contributed by atoms with van der Waals surface area (Å²) in [6.45, 7) is 0. The molecule has 0 saturated heterocycles. The van der Waals surface area contributed by atoms with E-state index in [1.807, 2.05) is 11.3 Å². The highest BCUT2D eigenvalue weighted by atomic mass is 32.1. The third kappa shape index (κ3) is 3.16.